The Balaban J connectivity index is 2.29. The lowest BCUT2D eigenvalue weighted by Gasteiger charge is -2.25. The van der Waals surface area contributed by atoms with Gasteiger partial charge in [0.2, 0.25) is 0 Å². The highest BCUT2D eigenvalue weighted by molar-refractivity contribution is 7.87. The van der Waals surface area contributed by atoms with Gasteiger partial charge in [0.05, 0.1) is 6.10 Å². The molecule has 6 heteroatoms. The van der Waals surface area contributed by atoms with Gasteiger partial charge in [-0.25, -0.2) is 9.86 Å². The van der Waals surface area contributed by atoms with Crippen LogP contribution in [0.25, 0.3) is 0 Å². The Morgan fingerprint density at radius 2 is 2.15 bits per heavy atom. The highest BCUT2D eigenvalue weighted by Crippen LogP contribution is 2.23. The zero-order valence-corrected chi connectivity index (χ0v) is 8.26. The zero-order chi connectivity index (χ0) is 9.90. The molecule has 0 radical (unpaired) electrons. The molecule has 0 aliphatic heterocycles. The molecule has 1 saturated carbocycles. The van der Waals surface area contributed by atoms with Crippen molar-refractivity contribution in [1.29, 1.82) is 0 Å². The van der Waals surface area contributed by atoms with Crippen molar-refractivity contribution in [3.63, 3.8) is 0 Å². The van der Waals surface area contributed by atoms with E-state index in [9.17, 15) is 13.5 Å². The standard InChI is InChI=1S/C7H16N2O3S/c8-13(11,12)9-5-6-2-1-3-7(10)4-6/h6-7,9-10H,1-5H2,(H2,8,11,12). The highest BCUT2D eigenvalue weighted by Gasteiger charge is 2.20. The second-order valence-corrected chi connectivity index (χ2v) is 4.96. The second-order valence-electron chi connectivity index (χ2n) is 3.58. The molecule has 2 unspecified atom stereocenters. The van der Waals surface area contributed by atoms with Crippen LogP contribution in [0.3, 0.4) is 0 Å². The summed E-state index contributed by atoms with van der Waals surface area (Å²) in [6, 6.07) is 0. The Morgan fingerprint density at radius 3 is 2.69 bits per heavy atom. The highest BCUT2D eigenvalue weighted by atomic mass is 32.2. The summed E-state index contributed by atoms with van der Waals surface area (Å²) in [6.45, 7) is 0.343. The number of aliphatic hydroxyl groups excluding tert-OH is 1. The number of rotatable bonds is 3. The molecule has 0 saturated heterocycles. The van der Waals surface area contributed by atoms with Crippen molar-refractivity contribution in [3.8, 4) is 0 Å². The molecule has 5 nitrogen and oxygen atoms in total. The van der Waals surface area contributed by atoms with Gasteiger partial charge in [-0.05, 0) is 25.2 Å². The third-order valence-electron chi connectivity index (χ3n) is 2.33. The van der Waals surface area contributed by atoms with Gasteiger partial charge in [-0.2, -0.15) is 8.42 Å². The third-order valence-corrected chi connectivity index (χ3v) is 2.90. The van der Waals surface area contributed by atoms with Crippen LogP contribution in [0.1, 0.15) is 25.7 Å². The predicted octanol–water partition coefficient (Wildman–Crippen LogP) is -0.669. The van der Waals surface area contributed by atoms with E-state index in [1.165, 1.54) is 0 Å². The Bertz CT molecular complexity index is 252. The minimum atomic E-state index is -3.57. The molecule has 0 spiro atoms. The normalized spacial score (nSPS) is 30.3. The Labute approximate surface area is 78.5 Å². The van der Waals surface area contributed by atoms with Crippen molar-refractivity contribution in [3.05, 3.63) is 0 Å². The Kier molecular flexibility index (Phi) is 3.66. The number of aliphatic hydroxyl groups is 1. The van der Waals surface area contributed by atoms with E-state index >= 15 is 0 Å². The number of hydrogen-bond acceptors (Lipinski definition) is 3. The first kappa shape index (κ1) is 10.9. The van der Waals surface area contributed by atoms with Gasteiger partial charge in [-0.3, -0.25) is 0 Å². The molecule has 0 aromatic heterocycles. The van der Waals surface area contributed by atoms with Crippen LogP contribution in [0.2, 0.25) is 0 Å². The van der Waals surface area contributed by atoms with Gasteiger partial charge >= 0.3 is 0 Å². The van der Waals surface area contributed by atoms with Crippen LogP contribution in [0.5, 0.6) is 0 Å². The van der Waals surface area contributed by atoms with Crippen LogP contribution < -0.4 is 9.86 Å². The summed E-state index contributed by atoms with van der Waals surface area (Å²) < 4.78 is 23.4. The van der Waals surface area contributed by atoms with Gasteiger partial charge in [0.25, 0.3) is 10.2 Å². The average Bonchev–Trinajstić information content (AvgIpc) is 2.00. The van der Waals surface area contributed by atoms with Gasteiger partial charge in [0.15, 0.2) is 0 Å². The topological polar surface area (TPSA) is 92.4 Å². The summed E-state index contributed by atoms with van der Waals surface area (Å²) in [5.41, 5.74) is 0. The van der Waals surface area contributed by atoms with E-state index in [0.717, 1.165) is 19.3 Å². The minimum absolute atomic E-state index is 0.224. The summed E-state index contributed by atoms with van der Waals surface area (Å²) in [5.74, 6) is 0.224. The first-order chi connectivity index (χ1) is 5.97. The van der Waals surface area contributed by atoms with Crippen molar-refractivity contribution in [2.24, 2.45) is 11.1 Å². The van der Waals surface area contributed by atoms with E-state index < -0.39 is 10.2 Å². The quantitative estimate of drug-likeness (QED) is 0.574. The largest absolute Gasteiger partial charge is 0.393 e. The molecule has 0 aromatic carbocycles. The van der Waals surface area contributed by atoms with Crippen LogP contribution in [0, 0.1) is 5.92 Å². The summed E-state index contributed by atoms with van der Waals surface area (Å²) in [5, 5.41) is 14.1. The molecule has 0 aromatic rings. The molecule has 1 fully saturated rings. The van der Waals surface area contributed by atoms with Gasteiger partial charge in [-0.15, -0.1) is 0 Å². The molecule has 0 heterocycles. The lowest BCUT2D eigenvalue weighted by Crippen LogP contribution is -2.36. The first-order valence-electron chi connectivity index (χ1n) is 4.43. The monoisotopic (exact) mass is 208 g/mol. The van der Waals surface area contributed by atoms with E-state index in [2.05, 4.69) is 4.72 Å². The predicted molar refractivity (Wildman–Crippen MR) is 49.1 cm³/mol. The van der Waals surface area contributed by atoms with Gasteiger partial charge in [-0.1, -0.05) is 6.42 Å². The van der Waals surface area contributed by atoms with Crippen molar-refractivity contribution in [2.45, 2.75) is 31.8 Å². The minimum Gasteiger partial charge on any atom is -0.393 e. The van der Waals surface area contributed by atoms with Gasteiger partial charge in [0, 0.05) is 6.54 Å². The van der Waals surface area contributed by atoms with E-state index in [4.69, 9.17) is 5.14 Å². The Hall–Kier alpha value is -0.170. The number of nitrogens with two attached hydrogens (primary N) is 1. The lowest BCUT2D eigenvalue weighted by molar-refractivity contribution is 0.102. The molecule has 4 N–H and O–H groups in total. The second kappa shape index (κ2) is 4.36. The van der Waals surface area contributed by atoms with Crippen LogP contribution in [-0.2, 0) is 10.2 Å². The summed E-state index contributed by atoms with van der Waals surface area (Å²) in [7, 11) is -3.57. The maximum atomic E-state index is 10.6. The van der Waals surface area contributed by atoms with E-state index in [1.54, 1.807) is 0 Å². The smallest absolute Gasteiger partial charge is 0.274 e. The first-order valence-corrected chi connectivity index (χ1v) is 5.97. The molecule has 0 bridgehead atoms. The molecular weight excluding hydrogens is 192 g/mol. The molecule has 0 amide bonds. The molecule has 1 rings (SSSR count). The fraction of sp³-hybridized carbons (Fsp3) is 1.00. The van der Waals surface area contributed by atoms with Crippen LogP contribution in [0.15, 0.2) is 0 Å². The zero-order valence-electron chi connectivity index (χ0n) is 7.44. The molecular formula is C7H16N2O3S. The Morgan fingerprint density at radius 1 is 1.46 bits per heavy atom. The SMILES string of the molecule is NS(=O)(=O)NCC1CCCC(O)C1. The molecule has 1 aliphatic rings. The molecule has 78 valence electrons. The maximum absolute atomic E-state index is 10.6. The summed E-state index contributed by atoms with van der Waals surface area (Å²) in [4.78, 5) is 0. The van der Waals surface area contributed by atoms with Gasteiger partial charge < -0.3 is 5.11 Å². The van der Waals surface area contributed by atoms with Gasteiger partial charge in [0.1, 0.15) is 0 Å². The number of hydrogen-bond donors (Lipinski definition) is 3. The van der Waals surface area contributed by atoms with Crippen LogP contribution in [-0.4, -0.2) is 26.2 Å². The van der Waals surface area contributed by atoms with E-state index in [1.807, 2.05) is 0 Å². The van der Waals surface area contributed by atoms with Crippen LogP contribution >= 0.6 is 0 Å². The van der Waals surface area contributed by atoms with E-state index in [0.29, 0.717) is 13.0 Å². The van der Waals surface area contributed by atoms with Crippen molar-refractivity contribution >= 4 is 10.2 Å². The third kappa shape index (κ3) is 4.56. The summed E-state index contributed by atoms with van der Waals surface area (Å²) in [6.07, 6.45) is 3.13. The summed E-state index contributed by atoms with van der Waals surface area (Å²) >= 11 is 0. The maximum Gasteiger partial charge on any atom is 0.274 e. The van der Waals surface area contributed by atoms with Crippen molar-refractivity contribution in [2.75, 3.05) is 6.54 Å². The fourth-order valence-electron chi connectivity index (χ4n) is 1.68. The molecule has 13 heavy (non-hydrogen) atoms. The van der Waals surface area contributed by atoms with E-state index in [-0.39, 0.29) is 12.0 Å². The fourth-order valence-corrected chi connectivity index (χ4v) is 2.15. The molecule has 1 aliphatic carbocycles. The lowest BCUT2D eigenvalue weighted by atomic mass is 9.87. The van der Waals surface area contributed by atoms with Crippen molar-refractivity contribution < 1.29 is 13.5 Å². The van der Waals surface area contributed by atoms with Crippen LogP contribution in [0.4, 0.5) is 0 Å². The molecule has 2 atom stereocenters. The van der Waals surface area contributed by atoms with Crippen molar-refractivity contribution in [1.82, 2.24) is 4.72 Å². The average molecular weight is 208 g/mol. The number of nitrogens with one attached hydrogen (secondary N) is 1.